The number of aryl methyl sites for hydroxylation is 1. The number of aromatic nitrogens is 3. The quantitative estimate of drug-likeness (QED) is 0.569. The number of imidazole rings is 1. The fourth-order valence-electron chi connectivity index (χ4n) is 2.60. The van der Waals surface area contributed by atoms with Crippen LogP contribution in [-0.4, -0.2) is 20.3 Å². The van der Waals surface area contributed by atoms with E-state index in [1.54, 1.807) is 30.7 Å². The van der Waals surface area contributed by atoms with Crippen LogP contribution in [0.2, 0.25) is 0 Å². The molecule has 3 aromatic heterocycles. The summed E-state index contributed by atoms with van der Waals surface area (Å²) in [5.41, 5.74) is 3.41. The first-order valence-electron chi connectivity index (χ1n) is 8.12. The van der Waals surface area contributed by atoms with Crippen molar-refractivity contribution in [2.45, 2.75) is 6.92 Å². The highest BCUT2D eigenvalue weighted by Crippen LogP contribution is 2.25. The number of rotatable bonds is 4. The Morgan fingerprint density at radius 2 is 2.19 bits per heavy atom. The molecule has 0 aliphatic rings. The number of carbonyl (C=O) groups excluding carboxylic acids is 1. The topological polar surface area (TPSA) is 72.4 Å². The van der Waals surface area contributed by atoms with Crippen molar-refractivity contribution in [3.05, 3.63) is 78.7 Å². The molecule has 0 saturated heterocycles. The van der Waals surface area contributed by atoms with Gasteiger partial charge in [0.25, 0.3) is 0 Å². The average Bonchev–Trinajstić information content (AvgIpc) is 3.31. The molecule has 4 aromatic rings. The van der Waals surface area contributed by atoms with Gasteiger partial charge < -0.3 is 9.73 Å². The summed E-state index contributed by atoms with van der Waals surface area (Å²) in [6, 6.07) is 11.3. The molecule has 6 nitrogen and oxygen atoms in total. The Labute approximate surface area is 149 Å². The standard InChI is InChI=1S/C20H16N4O2/c1-14-5-6-15(18-13-24-10-3-9-21-20(24)23-18)12-17(14)22-19(25)8-7-16-4-2-11-26-16/h2-13H,1H3,(H,22,25)/b8-7+. The van der Waals surface area contributed by atoms with Crippen molar-refractivity contribution in [3.63, 3.8) is 0 Å². The number of fused-ring (bicyclic) bond motifs is 1. The monoisotopic (exact) mass is 344 g/mol. The summed E-state index contributed by atoms with van der Waals surface area (Å²) >= 11 is 0. The first-order valence-corrected chi connectivity index (χ1v) is 8.12. The number of amides is 1. The molecule has 0 aliphatic carbocycles. The van der Waals surface area contributed by atoms with E-state index in [-0.39, 0.29) is 5.91 Å². The molecule has 0 radical (unpaired) electrons. The second kappa shape index (κ2) is 6.68. The molecule has 1 amide bonds. The number of carbonyl (C=O) groups is 1. The second-order valence-corrected chi connectivity index (χ2v) is 5.82. The number of furan rings is 1. The molecule has 0 spiro atoms. The van der Waals surface area contributed by atoms with Crippen molar-refractivity contribution >= 4 is 23.4 Å². The highest BCUT2D eigenvalue weighted by atomic mass is 16.3. The molecule has 1 N–H and O–H groups in total. The van der Waals surface area contributed by atoms with Crippen molar-refractivity contribution in [2.24, 2.45) is 0 Å². The van der Waals surface area contributed by atoms with Crippen LogP contribution in [0.4, 0.5) is 5.69 Å². The van der Waals surface area contributed by atoms with Crippen LogP contribution in [0, 0.1) is 6.92 Å². The van der Waals surface area contributed by atoms with Crippen molar-refractivity contribution in [2.75, 3.05) is 5.32 Å². The van der Waals surface area contributed by atoms with E-state index in [0.717, 1.165) is 22.5 Å². The summed E-state index contributed by atoms with van der Waals surface area (Å²) in [6.45, 7) is 1.95. The van der Waals surface area contributed by atoms with Gasteiger partial charge in [-0.3, -0.25) is 9.20 Å². The van der Waals surface area contributed by atoms with E-state index >= 15 is 0 Å². The number of anilines is 1. The third-order valence-corrected chi connectivity index (χ3v) is 3.97. The van der Waals surface area contributed by atoms with Gasteiger partial charge in [0.05, 0.1) is 12.0 Å². The van der Waals surface area contributed by atoms with Crippen LogP contribution in [0.3, 0.4) is 0 Å². The summed E-state index contributed by atoms with van der Waals surface area (Å²) in [5, 5.41) is 2.90. The highest BCUT2D eigenvalue weighted by Gasteiger charge is 2.08. The summed E-state index contributed by atoms with van der Waals surface area (Å²) in [7, 11) is 0. The lowest BCUT2D eigenvalue weighted by molar-refractivity contribution is -0.111. The molecule has 128 valence electrons. The zero-order chi connectivity index (χ0) is 17.9. The van der Waals surface area contributed by atoms with Crippen LogP contribution in [0.5, 0.6) is 0 Å². The van der Waals surface area contributed by atoms with Gasteiger partial charge in [-0.05, 0) is 42.8 Å². The molecule has 0 saturated carbocycles. The second-order valence-electron chi connectivity index (χ2n) is 5.82. The SMILES string of the molecule is Cc1ccc(-c2cn3cccnc3n2)cc1NC(=O)/C=C/c1ccco1. The molecule has 6 heteroatoms. The lowest BCUT2D eigenvalue weighted by atomic mass is 10.1. The molecule has 4 rings (SSSR count). The summed E-state index contributed by atoms with van der Waals surface area (Å²) < 4.78 is 7.04. The Morgan fingerprint density at radius 3 is 3.00 bits per heavy atom. The summed E-state index contributed by atoms with van der Waals surface area (Å²) in [5.74, 6) is 1.04. The lowest BCUT2D eigenvalue weighted by Gasteiger charge is -2.08. The third-order valence-electron chi connectivity index (χ3n) is 3.97. The Morgan fingerprint density at radius 1 is 1.27 bits per heavy atom. The van der Waals surface area contributed by atoms with E-state index < -0.39 is 0 Å². The molecule has 1 aromatic carbocycles. The zero-order valence-electron chi connectivity index (χ0n) is 14.1. The van der Waals surface area contributed by atoms with E-state index in [4.69, 9.17) is 4.42 Å². The molecule has 0 bridgehead atoms. The van der Waals surface area contributed by atoms with Gasteiger partial charge in [0.15, 0.2) is 0 Å². The maximum absolute atomic E-state index is 12.2. The Balaban J connectivity index is 1.58. The number of nitrogens with one attached hydrogen (secondary N) is 1. The zero-order valence-corrected chi connectivity index (χ0v) is 14.1. The van der Waals surface area contributed by atoms with Crippen molar-refractivity contribution in [3.8, 4) is 11.3 Å². The first kappa shape index (κ1) is 15.8. The van der Waals surface area contributed by atoms with Gasteiger partial charge >= 0.3 is 0 Å². The minimum absolute atomic E-state index is 0.224. The normalized spacial score (nSPS) is 11.3. The number of benzene rings is 1. The molecule has 0 atom stereocenters. The molecule has 26 heavy (non-hydrogen) atoms. The Hall–Kier alpha value is -3.67. The predicted molar refractivity (Wildman–Crippen MR) is 99.5 cm³/mol. The fourth-order valence-corrected chi connectivity index (χ4v) is 2.60. The van der Waals surface area contributed by atoms with Crippen molar-refractivity contribution in [1.29, 1.82) is 0 Å². The molecule has 3 heterocycles. The van der Waals surface area contributed by atoms with Crippen LogP contribution < -0.4 is 5.32 Å². The maximum Gasteiger partial charge on any atom is 0.248 e. The van der Waals surface area contributed by atoms with Gasteiger partial charge in [-0.15, -0.1) is 0 Å². The van der Waals surface area contributed by atoms with Gasteiger partial charge in [0.2, 0.25) is 11.7 Å². The van der Waals surface area contributed by atoms with Crippen LogP contribution in [0.15, 0.2) is 71.7 Å². The van der Waals surface area contributed by atoms with Gasteiger partial charge in [0.1, 0.15) is 5.76 Å². The lowest BCUT2D eigenvalue weighted by Crippen LogP contribution is -2.09. The first-order chi connectivity index (χ1) is 12.7. The van der Waals surface area contributed by atoms with Crippen LogP contribution in [0.25, 0.3) is 23.1 Å². The number of hydrogen-bond acceptors (Lipinski definition) is 4. The fraction of sp³-hybridized carbons (Fsp3) is 0.0500. The molecule has 0 aliphatic heterocycles. The van der Waals surface area contributed by atoms with Gasteiger partial charge in [-0.2, -0.15) is 0 Å². The van der Waals surface area contributed by atoms with Gasteiger partial charge in [-0.1, -0.05) is 12.1 Å². The largest absolute Gasteiger partial charge is 0.465 e. The number of hydrogen-bond donors (Lipinski definition) is 1. The summed E-state index contributed by atoms with van der Waals surface area (Å²) in [4.78, 5) is 20.9. The van der Waals surface area contributed by atoms with E-state index in [9.17, 15) is 4.79 Å². The van der Waals surface area contributed by atoms with E-state index in [0.29, 0.717) is 11.5 Å². The van der Waals surface area contributed by atoms with E-state index in [1.165, 1.54) is 6.08 Å². The number of nitrogens with zero attached hydrogens (tertiary/aromatic N) is 3. The van der Waals surface area contributed by atoms with Crippen LogP contribution in [0.1, 0.15) is 11.3 Å². The molecule has 0 unspecified atom stereocenters. The summed E-state index contributed by atoms with van der Waals surface area (Å²) in [6.07, 6.45) is 10.2. The smallest absolute Gasteiger partial charge is 0.248 e. The molecular weight excluding hydrogens is 328 g/mol. The highest BCUT2D eigenvalue weighted by molar-refractivity contribution is 6.02. The Kier molecular flexibility index (Phi) is 4.07. The Bertz CT molecular complexity index is 1060. The van der Waals surface area contributed by atoms with E-state index in [1.807, 2.05) is 48.0 Å². The van der Waals surface area contributed by atoms with Crippen LogP contribution >= 0.6 is 0 Å². The van der Waals surface area contributed by atoms with Gasteiger partial charge in [-0.25, -0.2) is 9.97 Å². The third kappa shape index (κ3) is 3.25. The predicted octanol–water partition coefficient (Wildman–Crippen LogP) is 3.95. The molecule has 0 fully saturated rings. The minimum atomic E-state index is -0.224. The minimum Gasteiger partial charge on any atom is -0.465 e. The average molecular weight is 344 g/mol. The van der Waals surface area contributed by atoms with Crippen LogP contribution in [-0.2, 0) is 4.79 Å². The molecular formula is C20H16N4O2. The van der Waals surface area contributed by atoms with Crippen molar-refractivity contribution in [1.82, 2.24) is 14.4 Å². The van der Waals surface area contributed by atoms with Gasteiger partial charge in [0, 0.05) is 35.9 Å². The van der Waals surface area contributed by atoms with E-state index in [2.05, 4.69) is 15.3 Å². The van der Waals surface area contributed by atoms with Crippen molar-refractivity contribution < 1.29 is 9.21 Å². The maximum atomic E-state index is 12.2.